The van der Waals surface area contributed by atoms with E-state index in [1.165, 1.54) is 6.26 Å². The second kappa shape index (κ2) is 4.31. The van der Waals surface area contributed by atoms with Crippen LogP contribution in [0.5, 0.6) is 0 Å². The molecule has 2 aromatic rings. The molecule has 0 bridgehead atoms. The van der Waals surface area contributed by atoms with E-state index in [0.29, 0.717) is 5.52 Å². The van der Waals surface area contributed by atoms with Crippen LogP contribution in [0.1, 0.15) is 25.1 Å². The number of nitrogens with zero attached hydrogens (tertiary/aromatic N) is 1. The Balaban J connectivity index is 2.16. The number of hydrogen-bond donors (Lipinski definition) is 1. The van der Waals surface area contributed by atoms with Gasteiger partial charge in [-0.2, -0.15) is 0 Å². The second-order valence-corrected chi connectivity index (χ2v) is 7.00. The summed E-state index contributed by atoms with van der Waals surface area (Å²) in [6.07, 6.45) is 2.23. The maximum atomic E-state index is 11.8. The number of nitrogens with one attached hydrogen (secondary N) is 1. The molecule has 2 heterocycles. The number of imidazole rings is 1. The Bertz CT molecular complexity index is 721. The standard InChI is InChI=1S/C13H16N2O3S/c1-8-9(6-7-18-8)13-14-10-4-3-5-11(12(10)15-13)19(2,16)17/h3-5,8-9H,6-7H2,1-2H3,(H,14,15). The lowest BCUT2D eigenvalue weighted by molar-refractivity contribution is 0.117. The van der Waals surface area contributed by atoms with Crippen LogP contribution in [-0.2, 0) is 14.6 Å². The highest BCUT2D eigenvalue weighted by atomic mass is 32.2. The summed E-state index contributed by atoms with van der Waals surface area (Å²) in [5.41, 5.74) is 1.29. The van der Waals surface area contributed by atoms with Crippen LogP contribution in [0.15, 0.2) is 23.1 Å². The molecule has 0 saturated carbocycles. The summed E-state index contributed by atoms with van der Waals surface area (Å²) in [6, 6.07) is 5.17. The fourth-order valence-corrected chi connectivity index (χ4v) is 3.42. The highest BCUT2D eigenvalue weighted by molar-refractivity contribution is 7.91. The Kier molecular flexibility index (Phi) is 2.87. The van der Waals surface area contributed by atoms with Gasteiger partial charge in [0.15, 0.2) is 9.84 Å². The van der Waals surface area contributed by atoms with Crippen molar-refractivity contribution in [2.45, 2.75) is 30.3 Å². The number of rotatable bonds is 2. The molecule has 19 heavy (non-hydrogen) atoms. The van der Waals surface area contributed by atoms with Crippen molar-refractivity contribution in [2.75, 3.05) is 12.9 Å². The third-order valence-electron chi connectivity index (χ3n) is 3.62. The number of fused-ring (bicyclic) bond motifs is 1. The van der Waals surface area contributed by atoms with Gasteiger partial charge in [0.1, 0.15) is 11.3 Å². The number of H-pyrrole nitrogens is 1. The monoisotopic (exact) mass is 280 g/mol. The van der Waals surface area contributed by atoms with E-state index in [-0.39, 0.29) is 16.9 Å². The number of hydrogen-bond acceptors (Lipinski definition) is 4. The van der Waals surface area contributed by atoms with Gasteiger partial charge in [0, 0.05) is 18.8 Å². The van der Waals surface area contributed by atoms with Gasteiger partial charge in [-0.3, -0.25) is 0 Å². The maximum absolute atomic E-state index is 11.8. The molecule has 1 saturated heterocycles. The highest BCUT2D eigenvalue weighted by Crippen LogP contribution is 2.31. The average Bonchev–Trinajstić information content (AvgIpc) is 2.91. The quantitative estimate of drug-likeness (QED) is 0.911. The largest absolute Gasteiger partial charge is 0.378 e. The molecule has 0 amide bonds. The first-order chi connectivity index (χ1) is 8.97. The van der Waals surface area contributed by atoms with Crippen molar-refractivity contribution < 1.29 is 13.2 Å². The van der Waals surface area contributed by atoms with E-state index >= 15 is 0 Å². The van der Waals surface area contributed by atoms with Crippen molar-refractivity contribution >= 4 is 20.9 Å². The molecule has 1 fully saturated rings. The first-order valence-corrected chi connectivity index (χ1v) is 8.16. The fraction of sp³-hybridized carbons (Fsp3) is 0.462. The topological polar surface area (TPSA) is 72.0 Å². The zero-order chi connectivity index (χ0) is 13.6. The van der Waals surface area contributed by atoms with Gasteiger partial charge in [-0.05, 0) is 25.5 Å². The van der Waals surface area contributed by atoms with Crippen molar-refractivity contribution in [1.82, 2.24) is 9.97 Å². The third kappa shape index (κ3) is 2.15. The van der Waals surface area contributed by atoms with E-state index in [9.17, 15) is 8.42 Å². The van der Waals surface area contributed by atoms with E-state index < -0.39 is 9.84 Å². The summed E-state index contributed by atoms with van der Waals surface area (Å²) in [6.45, 7) is 2.74. The van der Waals surface area contributed by atoms with Crippen LogP contribution in [0.3, 0.4) is 0 Å². The van der Waals surface area contributed by atoms with E-state index in [1.54, 1.807) is 12.1 Å². The Morgan fingerprint density at radius 3 is 2.84 bits per heavy atom. The number of para-hydroxylation sites is 1. The van der Waals surface area contributed by atoms with Gasteiger partial charge in [-0.1, -0.05) is 6.07 Å². The predicted molar refractivity (Wildman–Crippen MR) is 72.0 cm³/mol. The average molecular weight is 280 g/mol. The SMILES string of the molecule is CC1OCCC1c1nc2c(S(C)(=O)=O)cccc2[nH]1. The predicted octanol–water partition coefficient (Wildman–Crippen LogP) is 1.86. The van der Waals surface area contributed by atoms with Crippen LogP contribution in [0.4, 0.5) is 0 Å². The first kappa shape index (κ1) is 12.6. The number of aromatic nitrogens is 2. The van der Waals surface area contributed by atoms with Gasteiger partial charge in [0.25, 0.3) is 0 Å². The third-order valence-corrected chi connectivity index (χ3v) is 4.75. The van der Waals surface area contributed by atoms with Crippen molar-refractivity contribution in [3.63, 3.8) is 0 Å². The molecule has 1 aromatic carbocycles. The molecule has 2 atom stereocenters. The molecule has 3 rings (SSSR count). The van der Waals surface area contributed by atoms with Crippen molar-refractivity contribution in [2.24, 2.45) is 0 Å². The number of ether oxygens (including phenoxy) is 1. The maximum Gasteiger partial charge on any atom is 0.177 e. The zero-order valence-electron chi connectivity index (χ0n) is 10.9. The zero-order valence-corrected chi connectivity index (χ0v) is 11.7. The summed E-state index contributed by atoms with van der Waals surface area (Å²) >= 11 is 0. The Morgan fingerprint density at radius 2 is 2.21 bits per heavy atom. The van der Waals surface area contributed by atoms with Crippen molar-refractivity contribution in [1.29, 1.82) is 0 Å². The van der Waals surface area contributed by atoms with E-state index in [1.807, 2.05) is 13.0 Å². The molecule has 102 valence electrons. The summed E-state index contributed by atoms with van der Waals surface area (Å²) in [4.78, 5) is 8.00. The van der Waals surface area contributed by atoms with E-state index in [0.717, 1.165) is 24.4 Å². The van der Waals surface area contributed by atoms with Gasteiger partial charge in [0.05, 0.1) is 16.5 Å². The minimum absolute atomic E-state index is 0.113. The molecule has 0 radical (unpaired) electrons. The minimum atomic E-state index is -3.27. The molecule has 1 N–H and O–H groups in total. The smallest absolute Gasteiger partial charge is 0.177 e. The lowest BCUT2D eigenvalue weighted by Gasteiger charge is -2.10. The molecule has 1 aliphatic heterocycles. The highest BCUT2D eigenvalue weighted by Gasteiger charge is 2.29. The van der Waals surface area contributed by atoms with Crippen molar-refractivity contribution in [3.8, 4) is 0 Å². The number of benzene rings is 1. The van der Waals surface area contributed by atoms with Gasteiger partial charge >= 0.3 is 0 Å². The molecule has 2 unspecified atom stereocenters. The minimum Gasteiger partial charge on any atom is -0.378 e. The Hall–Kier alpha value is -1.40. The molecular weight excluding hydrogens is 264 g/mol. The fourth-order valence-electron chi connectivity index (χ4n) is 2.59. The lowest BCUT2D eigenvalue weighted by Crippen LogP contribution is -2.10. The molecule has 0 spiro atoms. The lowest BCUT2D eigenvalue weighted by atomic mass is 10.0. The number of aromatic amines is 1. The van der Waals surface area contributed by atoms with Gasteiger partial charge in [0.2, 0.25) is 0 Å². The number of sulfone groups is 1. The molecule has 0 aliphatic carbocycles. The van der Waals surface area contributed by atoms with Crippen LogP contribution in [-0.4, -0.2) is 37.4 Å². The summed E-state index contributed by atoms with van der Waals surface area (Å²) < 4.78 is 29.1. The first-order valence-electron chi connectivity index (χ1n) is 6.27. The van der Waals surface area contributed by atoms with Gasteiger partial charge in [-0.25, -0.2) is 13.4 Å². The Labute approximate surface area is 111 Å². The summed E-state index contributed by atoms with van der Waals surface area (Å²) in [5, 5.41) is 0. The molecule has 5 nitrogen and oxygen atoms in total. The molecular formula is C13H16N2O3S. The van der Waals surface area contributed by atoms with E-state index in [4.69, 9.17) is 4.74 Å². The van der Waals surface area contributed by atoms with Gasteiger partial charge in [-0.15, -0.1) is 0 Å². The summed E-state index contributed by atoms with van der Waals surface area (Å²) in [5.74, 6) is 1.02. The van der Waals surface area contributed by atoms with Crippen molar-refractivity contribution in [3.05, 3.63) is 24.0 Å². The molecule has 1 aliphatic rings. The normalized spacial score (nSPS) is 24.1. The van der Waals surface area contributed by atoms with Crippen LogP contribution in [0.2, 0.25) is 0 Å². The van der Waals surface area contributed by atoms with Crippen LogP contribution < -0.4 is 0 Å². The summed E-state index contributed by atoms with van der Waals surface area (Å²) in [7, 11) is -3.27. The van der Waals surface area contributed by atoms with Gasteiger partial charge < -0.3 is 9.72 Å². The Morgan fingerprint density at radius 1 is 1.42 bits per heavy atom. The van der Waals surface area contributed by atoms with Crippen LogP contribution in [0, 0.1) is 0 Å². The van der Waals surface area contributed by atoms with E-state index in [2.05, 4.69) is 9.97 Å². The molecule has 6 heteroatoms. The second-order valence-electron chi connectivity index (χ2n) is 5.02. The van der Waals surface area contributed by atoms with Crippen LogP contribution in [0.25, 0.3) is 11.0 Å². The van der Waals surface area contributed by atoms with Crippen LogP contribution >= 0.6 is 0 Å². The molecule has 1 aromatic heterocycles.